The number of methoxy groups -OCH3 is 1. The van der Waals surface area contributed by atoms with Gasteiger partial charge >= 0.3 is 257 Å². The van der Waals surface area contributed by atoms with E-state index < -0.39 is 26.7 Å². The van der Waals surface area contributed by atoms with E-state index in [4.69, 9.17) is 18.6 Å². The summed E-state index contributed by atoms with van der Waals surface area (Å²) in [5.41, 5.74) is 1.18. The Morgan fingerprint density at radius 3 is 1.88 bits per heavy atom. The fourth-order valence-corrected chi connectivity index (χ4v) is 24.7. The summed E-state index contributed by atoms with van der Waals surface area (Å²) in [6, 6.07) is 0. The van der Waals surface area contributed by atoms with Crippen molar-refractivity contribution in [1.29, 1.82) is 0 Å². The Kier molecular flexibility index (Phi) is 17.2. The van der Waals surface area contributed by atoms with Crippen molar-refractivity contribution in [2.24, 2.45) is 11.8 Å². The van der Waals surface area contributed by atoms with Crippen LogP contribution in [0.2, 0.25) is 31.4 Å². The number of unbranched alkanes of at least 4 members (excludes halogenated alkanes) is 3. The molecule has 1 aliphatic carbocycles. The van der Waals surface area contributed by atoms with Crippen molar-refractivity contribution in [3.8, 4) is 0 Å². The van der Waals surface area contributed by atoms with E-state index in [0.717, 1.165) is 25.9 Å². The summed E-state index contributed by atoms with van der Waals surface area (Å²) in [5, 5.41) is 0.190. The first-order valence-electron chi connectivity index (χ1n) is 16.7. The van der Waals surface area contributed by atoms with Gasteiger partial charge in [-0.25, -0.2) is 0 Å². The van der Waals surface area contributed by atoms with E-state index in [0.29, 0.717) is 22.7 Å². The topological polar surface area (TPSA) is 36.9 Å². The second-order valence-electron chi connectivity index (χ2n) is 15.3. The molecule has 4 nitrogen and oxygen atoms in total. The summed E-state index contributed by atoms with van der Waals surface area (Å²) < 4.78 is 30.9. The Bertz CT molecular complexity index is 690. The van der Waals surface area contributed by atoms with Crippen LogP contribution < -0.4 is 0 Å². The van der Waals surface area contributed by atoms with Gasteiger partial charge in [0.1, 0.15) is 0 Å². The first-order valence-corrected chi connectivity index (χ1v) is 27.3. The summed E-state index contributed by atoms with van der Waals surface area (Å²) in [5.74, 6) is 0.685. The molecule has 0 amide bonds. The molecule has 40 heavy (non-hydrogen) atoms. The van der Waals surface area contributed by atoms with E-state index >= 15 is 0 Å². The van der Waals surface area contributed by atoms with Gasteiger partial charge in [-0.15, -0.1) is 0 Å². The monoisotopic (exact) mass is 690 g/mol. The second kappa shape index (κ2) is 17.8. The molecule has 0 aromatic heterocycles. The minimum atomic E-state index is -2.74. The zero-order valence-electron chi connectivity index (χ0n) is 29.0. The van der Waals surface area contributed by atoms with Crippen LogP contribution in [0.25, 0.3) is 0 Å². The van der Waals surface area contributed by atoms with E-state index in [2.05, 4.69) is 82.0 Å². The molecule has 0 aromatic carbocycles. The maximum atomic E-state index is 6.93. The molecule has 0 saturated heterocycles. The average Bonchev–Trinajstić information content (AvgIpc) is 2.86. The van der Waals surface area contributed by atoms with E-state index in [-0.39, 0.29) is 16.7 Å². The standard InChI is InChI=1S/C22H43O4Si.3C4H9.Sn/c1-17-11-12-20(26-21(2,3)4)18(13-14-24-16-23-8)19(17)15-25-27(9,10)22(5,6)7;3*1-3-4-2;/h14,18-20H,1,11-13,15-16H2,2-10H3;3*1,3-4H2,2H3;/t18-,19-,20-;;;;/m0..../s1. The molecule has 1 saturated carbocycles. The van der Waals surface area contributed by atoms with Crippen molar-refractivity contribution in [3.05, 3.63) is 12.2 Å². The third-order valence-electron chi connectivity index (χ3n) is 9.84. The Morgan fingerprint density at radius 2 is 1.45 bits per heavy atom. The molecule has 0 bridgehead atoms. The first-order chi connectivity index (χ1) is 18.6. The normalized spacial score (nSPS) is 22.1. The molecule has 0 aliphatic heterocycles. The van der Waals surface area contributed by atoms with Crippen LogP contribution in [0.5, 0.6) is 0 Å². The first kappa shape index (κ1) is 38.6. The van der Waals surface area contributed by atoms with Gasteiger partial charge in [0.05, 0.1) is 0 Å². The van der Waals surface area contributed by atoms with Crippen molar-refractivity contribution in [2.75, 3.05) is 20.5 Å². The fourth-order valence-electron chi connectivity index (χ4n) is 6.30. The second-order valence-corrected chi connectivity index (χ2v) is 34.0. The number of hydrogen-bond donors (Lipinski definition) is 0. The Balaban J connectivity index is 3.56. The van der Waals surface area contributed by atoms with Crippen molar-refractivity contribution >= 4 is 26.7 Å². The van der Waals surface area contributed by atoms with Crippen molar-refractivity contribution in [1.82, 2.24) is 0 Å². The van der Waals surface area contributed by atoms with Crippen molar-refractivity contribution in [2.45, 2.75) is 167 Å². The maximum absolute atomic E-state index is 6.93. The molecular formula is C34H70O4SiSn. The van der Waals surface area contributed by atoms with E-state index in [1.54, 1.807) is 7.11 Å². The quantitative estimate of drug-likeness (QED) is 0.0769. The molecule has 1 fully saturated rings. The van der Waals surface area contributed by atoms with Gasteiger partial charge < -0.3 is 0 Å². The Morgan fingerprint density at radius 1 is 0.925 bits per heavy atom. The molecule has 0 heterocycles. The SMILES string of the molecule is C=C1CC[C@H](OC(C)(C)C)[C@@H](C[C@@H](OCOC)[Sn]([CH2]CCC)([CH2]CCC)[CH2]CCC)[C@H]1CO[Si](C)(C)C(C)(C)C. The molecule has 0 spiro atoms. The van der Waals surface area contributed by atoms with Crippen LogP contribution in [0.1, 0.15) is 120 Å². The van der Waals surface area contributed by atoms with Gasteiger partial charge in [0.2, 0.25) is 0 Å². The summed E-state index contributed by atoms with van der Waals surface area (Å²) in [4.78, 5) is 0. The van der Waals surface area contributed by atoms with Crippen molar-refractivity contribution in [3.63, 3.8) is 0 Å². The average molecular weight is 690 g/mol. The van der Waals surface area contributed by atoms with Crippen LogP contribution >= 0.6 is 0 Å². The van der Waals surface area contributed by atoms with Gasteiger partial charge in [-0.2, -0.15) is 0 Å². The molecule has 6 heteroatoms. The van der Waals surface area contributed by atoms with Gasteiger partial charge in [-0.1, -0.05) is 0 Å². The summed E-state index contributed by atoms with van der Waals surface area (Å²) >= 11 is -2.74. The fraction of sp³-hybridized carbons (Fsp3) is 0.941. The third kappa shape index (κ3) is 12.3. The zero-order chi connectivity index (χ0) is 30.6. The van der Waals surface area contributed by atoms with Gasteiger partial charge in [0.25, 0.3) is 0 Å². The zero-order valence-corrected chi connectivity index (χ0v) is 32.9. The summed E-state index contributed by atoms with van der Waals surface area (Å²) in [7, 11) is -0.107. The third-order valence-corrected chi connectivity index (χ3v) is 30.9. The molecule has 1 aliphatic rings. The van der Waals surface area contributed by atoms with Crippen LogP contribution in [-0.4, -0.2) is 63.0 Å². The molecule has 1 rings (SSSR count). The predicted molar refractivity (Wildman–Crippen MR) is 179 cm³/mol. The minimum absolute atomic E-state index is 0.178. The van der Waals surface area contributed by atoms with Gasteiger partial charge in [-0.3, -0.25) is 0 Å². The van der Waals surface area contributed by atoms with Gasteiger partial charge in [0, 0.05) is 0 Å². The van der Waals surface area contributed by atoms with Gasteiger partial charge in [-0.05, 0) is 0 Å². The molecule has 0 unspecified atom stereocenters. The Labute approximate surface area is 256 Å². The van der Waals surface area contributed by atoms with Crippen LogP contribution in [-0.2, 0) is 18.6 Å². The van der Waals surface area contributed by atoms with Gasteiger partial charge in [0.15, 0.2) is 0 Å². The molecular weight excluding hydrogens is 619 g/mol. The van der Waals surface area contributed by atoms with Crippen LogP contribution in [0, 0.1) is 11.8 Å². The molecule has 0 N–H and O–H groups in total. The molecule has 238 valence electrons. The summed E-state index contributed by atoms with van der Waals surface area (Å²) in [6.07, 6.45) is 11.2. The predicted octanol–water partition coefficient (Wildman–Crippen LogP) is 10.5. The number of ether oxygens (including phenoxy) is 3. The Hall–Kier alpha value is 0.596. The van der Waals surface area contributed by atoms with E-state index in [1.165, 1.54) is 57.4 Å². The number of rotatable bonds is 19. The van der Waals surface area contributed by atoms with Crippen molar-refractivity contribution < 1.29 is 18.6 Å². The molecule has 0 aromatic rings. The van der Waals surface area contributed by atoms with E-state index in [9.17, 15) is 0 Å². The van der Waals surface area contributed by atoms with E-state index in [1.807, 2.05) is 0 Å². The van der Waals surface area contributed by atoms with Crippen LogP contribution in [0.15, 0.2) is 12.2 Å². The van der Waals surface area contributed by atoms with Crippen LogP contribution in [0.4, 0.5) is 0 Å². The van der Waals surface area contributed by atoms with Crippen LogP contribution in [0.3, 0.4) is 0 Å². The molecule has 4 atom stereocenters. The summed E-state index contributed by atoms with van der Waals surface area (Å²) in [6.45, 7) is 31.3. The molecule has 0 radical (unpaired) electrons. The number of hydrogen-bond acceptors (Lipinski definition) is 4.